The fraction of sp³-hybridized carbons (Fsp3) is 0.0667. The van der Waals surface area contributed by atoms with E-state index in [1.807, 2.05) is 0 Å². The van der Waals surface area contributed by atoms with Crippen LogP contribution < -0.4 is 10.9 Å². The number of benzene rings is 1. The van der Waals surface area contributed by atoms with Crippen molar-refractivity contribution in [1.29, 1.82) is 0 Å². The van der Waals surface area contributed by atoms with Gasteiger partial charge in [-0.15, -0.1) is 0 Å². The lowest BCUT2D eigenvalue weighted by atomic mass is 10.1. The lowest BCUT2D eigenvalue weighted by molar-refractivity contribution is -0.137. The highest BCUT2D eigenvalue weighted by Gasteiger charge is 2.30. The molecule has 1 aromatic heterocycles. The Balaban J connectivity index is 2.03. The summed E-state index contributed by atoms with van der Waals surface area (Å²) in [4.78, 5) is 15.6. The van der Waals surface area contributed by atoms with Crippen LogP contribution in [0.3, 0.4) is 0 Å². The molecule has 1 heterocycles. The quantitative estimate of drug-likeness (QED) is 0.854. The number of alkyl halides is 3. The first kappa shape index (κ1) is 15.6. The minimum Gasteiger partial charge on any atom is -0.298 e. The van der Waals surface area contributed by atoms with Crippen molar-refractivity contribution in [2.45, 2.75) is 6.18 Å². The Bertz CT molecular complexity index is 684. The van der Waals surface area contributed by atoms with Crippen molar-refractivity contribution >= 4 is 11.6 Å². The summed E-state index contributed by atoms with van der Waals surface area (Å²) in [5, 5.41) is 0. The van der Waals surface area contributed by atoms with Gasteiger partial charge in [-0.1, -0.05) is 18.7 Å². The lowest BCUT2D eigenvalue weighted by Crippen LogP contribution is -2.35. The molecule has 0 unspecified atom stereocenters. The van der Waals surface area contributed by atoms with Crippen molar-refractivity contribution in [2.24, 2.45) is 0 Å². The van der Waals surface area contributed by atoms with Crippen LogP contribution in [0.25, 0.3) is 5.70 Å². The van der Waals surface area contributed by atoms with Gasteiger partial charge in [0.05, 0.1) is 11.3 Å². The number of halogens is 3. The zero-order chi connectivity index (χ0) is 16.2. The second-order valence-electron chi connectivity index (χ2n) is 4.37. The highest BCUT2D eigenvalue weighted by molar-refractivity contribution is 5.94. The fourth-order valence-electron chi connectivity index (χ4n) is 1.66. The maximum absolute atomic E-state index is 12.6. The summed E-state index contributed by atoms with van der Waals surface area (Å²) < 4.78 is 37.9. The summed E-state index contributed by atoms with van der Waals surface area (Å²) in [7, 11) is 0. The maximum Gasteiger partial charge on any atom is 0.416 e. The van der Waals surface area contributed by atoms with Gasteiger partial charge in [0.25, 0.3) is 5.91 Å². The molecule has 114 valence electrons. The summed E-state index contributed by atoms with van der Waals surface area (Å²) in [5.74, 6) is -0.449. The number of carbonyl (C=O) groups excluding carboxylic acids is 1. The Morgan fingerprint density at radius 1 is 1.05 bits per heavy atom. The number of hydrazine groups is 1. The second kappa shape index (κ2) is 6.30. The first-order chi connectivity index (χ1) is 10.4. The van der Waals surface area contributed by atoms with E-state index >= 15 is 0 Å². The summed E-state index contributed by atoms with van der Waals surface area (Å²) in [6.07, 6.45) is -1.52. The van der Waals surface area contributed by atoms with Crippen LogP contribution in [0.2, 0.25) is 0 Å². The number of nitrogens with one attached hydrogen (secondary N) is 2. The topological polar surface area (TPSA) is 54.0 Å². The number of aromatic nitrogens is 1. The van der Waals surface area contributed by atoms with Gasteiger partial charge in [0.15, 0.2) is 0 Å². The molecule has 0 fully saturated rings. The molecule has 0 aliphatic rings. The van der Waals surface area contributed by atoms with Crippen molar-refractivity contribution in [2.75, 3.05) is 0 Å². The van der Waals surface area contributed by atoms with Crippen LogP contribution in [0.1, 0.15) is 21.5 Å². The van der Waals surface area contributed by atoms with E-state index < -0.39 is 17.6 Å². The number of carbonyl (C=O) groups is 1. The normalized spacial score (nSPS) is 10.9. The molecule has 0 aliphatic heterocycles. The summed E-state index contributed by atoms with van der Waals surface area (Å²) >= 11 is 0. The molecule has 0 saturated heterocycles. The van der Waals surface area contributed by atoms with E-state index in [1.54, 1.807) is 0 Å². The number of nitrogens with zero attached hydrogens (tertiary/aromatic N) is 1. The molecule has 0 atom stereocenters. The molecule has 2 aromatic rings. The van der Waals surface area contributed by atoms with Gasteiger partial charge in [0.2, 0.25) is 0 Å². The zero-order valence-corrected chi connectivity index (χ0v) is 11.3. The molecule has 0 radical (unpaired) electrons. The molecule has 22 heavy (non-hydrogen) atoms. The van der Waals surface area contributed by atoms with Gasteiger partial charge in [-0.3, -0.25) is 20.6 Å². The van der Waals surface area contributed by atoms with Gasteiger partial charge < -0.3 is 0 Å². The SMILES string of the molecule is C=C(NNC(=O)c1ccncc1)c1cccc(C(F)(F)F)c1. The van der Waals surface area contributed by atoms with Crippen LogP contribution >= 0.6 is 0 Å². The van der Waals surface area contributed by atoms with Crippen LogP contribution in [-0.2, 0) is 6.18 Å². The Morgan fingerprint density at radius 3 is 2.36 bits per heavy atom. The largest absolute Gasteiger partial charge is 0.416 e. The van der Waals surface area contributed by atoms with Crippen molar-refractivity contribution in [3.8, 4) is 0 Å². The third kappa shape index (κ3) is 3.85. The first-order valence-corrected chi connectivity index (χ1v) is 6.21. The molecule has 2 rings (SSSR count). The Labute approximate surface area is 124 Å². The number of pyridine rings is 1. The van der Waals surface area contributed by atoms with Crippen LogP contribution in [0.5, 0.6) is 0 Å². The van der Waals surface area contributed by atoms with E-state index in [2.05, 4.69) is 22.4 Å². The molecule has 0 spiro atoms. The van der Waals surface area contributed by atoms with Gasteiger partial charge >= 0.3 is 6.18 Å². The van der Waals surface area contributed by atoms with E-state index in [4.69, 9.17) is 0 Å². The van der Waals surface area contributed by atoms with Gasteiger partial charge in [-0.05, 0) is 29.8 Å². The van der Waals surface area contributed by atoms with Crippen LogP contribution in [-0.4, -0.2) is 10.9 Å². The van der Waals surface area contributed by atoms with Crippen molar-refractivity contribution < 1.29 is 18.0 Å². The van der Waals surface area contributed by atoms with Gasteiger partial charge in [0, 0.05) is 18.0 Å². The minimum absolute atomic E-state index is 0.147. The molecular weight excluding hydrogens is 295 g/mol. The van der Waals surface area contributed by atoms with Gasteiger partial charge in [0.1, 0.15) is 0 Å². The molecular formula is C15H12F3N3O. The number of rotatable bonds is 4. The van der Waals surface area contributed by atoms with Crippen LogP contribution in [0.15, 0.2) is 55.4 Å². The highest BCUT2D eigenvalue weighted by Crippen LogP contribution is 2.30. The minimum atomic E-state index is -4.43. The van der Waals surface area contributed by atoms with Gasteiger partial charge in [-0.25, -0.2) is 0 Å². The molecule has 0 bridgehead atoms. The summed E-state index contributed by atoms with van der Waals surface area (Å²) in [6.45, 7) is 3.61. The van der Waals surface area contributed by atoms with E-state index in [1.165, 1.54) is 36.7 Å². The molecule has 2 N–H and O–H groups in total. The first-order valence-electron chi connectivity index (χ1n) is 6.21. The summed E-state index contributed by atoms with van der Waals surface area (Å²) in [6, 6.07) is 7.66. The molecule has 0 aliphatic carbocycles. The van der Waals surface area contributed by atoms with Crippen molar-refractivity contribution in [1.82, 2.24) is 15.8 Å². The van der Waals surface area contributed by atoms with Crippen molar-refractivity contribution in [3.05, 3.63) is 72.1 Å². The fourth-order valence-corrected chi connectivity index (χ4v) is 1.66. The Morgan fingerprint density at radius 2 is 1.73 bits per heavy atom. The average molecular weight is 307 g/mol. The Hall–Kier alpha value is -2.83. The predicted molar refractivity (Wildman–Crippen MR) is 75.3 cm³/mol. The number of hydrogen-bond acceptors (Lipinski definition) is 3. The third-order valence-corrected chi connectivity index (χ3v) is 2.81. The molecule has 7 heteroatoms. The van der Waals surface area contributed by atoms with E-state index in [9.17, 15) is 18.0 Å². The van der Waals surface area contributed by atoms with Crippen LogP contribution in [0, 0.1) is 0 Å². The monoisotopic (exact) mass is 307 g/mol. The smallest absolute Gasteiger partial charge is 0.298 e. The summed E-state index contributed by atoms with van der Waals surface area (Å²) in [5.41, 5.74) is 4.80. The molecule has 4 nitrogen and oxygen atoms in total. The lowest BCUT2D eigenvalue weighted by Gasteiger charge is -2.13. The highest BCUT2D eigenvalue weighted by atomic mass is 19.4. The van der Waals surface area contributed by atoms with E-state index in [0.717, 1.165) is 12.1 Å². The standard InChI is InChI=1S/C15H12F3N3O/c1-10(12-3-2-4-13(9-12)15(16,17)18)20-21-14(22)11-5-7-19-8-6-11/h2-9,20H,1H2,(H,21,22). The second-order valence-corrected chi connectivity index (χ2v) is 4.37. The number of amides is 1. The van der Waals surface area contributed by atoms with Gasteiger partial charge in [-0.2, -0.15) is 13.2 Å². The van der Waals surface area contributed by atoms with Crippen molar-refractivity contribution in [3.63, 3.8) is 0 Å². The van der Waals surface area contributed by atoms with E-state index in [0.29, 0.717) is 5.56 Å². The maximum atomic E-state index is 12.6. The average Bonchev–Trinajstić information content (AvgIpc) is 2.52. The molecule has 1 amide bonds. The van der Waals surface area contributed by atoms with Crippen LogP contribution in [0.4, 0.5) is 13.2 Å². The molecule has 0 saturated carbocycles. The predicted octanol–water partition coefficient (Wildman–Crippen LogP) is 3.01. The van der Waals surface area contributed by atoms with E-state index in [-0.39, 0.29) is 11.3 Å². The number of hydrogen-bond donors (Lipinski definition) is 2. The Kier molecular flexibility index (Phi) is 4.45. The zero-order valence-electron chi connectivity index (χ0n) is 11.3. The molecule has 1 aromatic carbocycles. The third-order valence-electron chi connectivity index (χ3n) is 2.81.